The maximum absolute atomic E-state index is 5.87. The number of benzene rings is 1. The Labute approximate surface area is 101 Å². The van der Waals surface area contributed by atoms with E-state index < -0.39 is 0 Å². The monoisotopic (exact) mass is 234 g/mol. The Morgan fingerprint density at radius 2 is 2.24 bits per heavy atom. The molecule has 1 aliphatic rings. The lowest BCUT2D eigenvalue weighted by Gasteiger charge is -2.17. The summed E-state index contributed by atoms with van der Waals surface area (Å²) in [5, 5.41) is 0. The van der Waals surface area contributed by atoms with Crippen LogP contribution in [0.3, 0.4) is 0 Å². The van der Waals surface area contributed by atoms with E-state index in [1.807, 2.05) is 18.2 Å². The molecular weight excluding hydrogens is 216 g/mol. The average Bonchev–Trinajstić information content (AvgIpc) is 2.77. The van der Waals surface area contributed by atoms with Gasteiger partial charge in [-0.3, -0.25) is 0 Å². The van der Waals surface area contributed by atoms with E-state index in [0.29, 0.717) is 13.2 Å². The molecule has 92 valence electrons. The van der Waals surface area contributed by atoms with Gasteiger partial charge < -0.3 is 15.2 Å². The SMILES string of the molecule is CC[C@H](OC[C@H]1COC(N)=N1)c1ccccc1. The van der Waals surface area contributed by atoms with Crippen molar-refractivity contribution in [3.63, 3.8) is 0 Å². The first-order valence-electron chi connectivity index (χ1n) is 5.92. The highest BCUT2D eigenvalue weighted by molar-refractivity contribution is 5.73. The van der Waals surface area contributed by atoms with Gasteiger partial charge in [-0.15, -0.1) is 0 Å². The fraction of sp³-hybridized carbons (Fsp3) is 0.462. The van der Waals surface area contributed by atoms with Gasteiger partial charge in [-0.05, 0) is 12.0 Å². The summed E-state index contributed by atoms with van der Waals surface area (Å²) in [6.07, 6.45) is 1.06. The van der Waals surface area contributed by atoms with E-state index in [2.05, 4.69) is 24.0 Å². The predicted molar refractivity (Wildman–Crippen MR) is 66.8 cm³/mol. The lowest BCUT2D eigenvalue weighted by molar-refractivity contribution is 0.0374. The first-order valence-corrected chi connectivity index (χ1v) is 5.92. The number of hydrogen-bond acceptors (Lipinski definition) is 4. The second-order valence-electron chi connectivity index (χ2n) is 4.07. The molecular formula is C13H18N2O2. The Bertz CT molecular complexity index is 378. The third-order valence-corrected chi connectivity index (χ3v) is 2.77. The second-order valence-corrected chi connectivity index (χ2v) is 4.07. The Kier molecular flexibility index (Phi) is 3.98. The Morgan fingerprint density at radius 3 is 2.82 bits per heavy atom. The highest BCUT2D eigenvalue weighted by Crippen LogP contribution is 2.21. The fourth-order valence-electron chi connectivity index (χ4n) is 1.87. The van der Waals surface area contributed by atoms with Crippen molar-refractivity contribution in [2.75, 3.05) is 13.2 Å². The van der Waals surface area contributed by atoms with Crippen molar-refractivity contribution in [3.05, 3.63) is 35.9 Å². The summed E-state index contributed by atoms with van der Waals surface area (Å²) in [7, 11) is 0. The molecule has 0 aliphatic carbocycles. The summed E-state index contributed by atoms with van der Waals surface area (Å²) in [5.41, 5.74) is 6.65. The van der Waals surface area contributed by atoms with E-state index in [4.69, 9.17) is 15.2 Å². The van der Waals surface area contributed by atoms with Crippen molar-refractivity contribution in [1.29, 1.82) is 0 Å². The largest absolute Gasteiger partial charge is 0.463 e. The van der Waals surface area contributed by atoms with Crippen LogP contribution in [0.15, 0.2) is 35.3 Å². The standard InChI is InChI=1S/C13H18N2O2/c1-2-12(10-6-4-3-5-7-10)16-8-11-9-17-13(14)15-11/h3-7,11-12H,2,8-9H2,1H3,(H2,14,15)/t11-,12-/m0/s1. The lowest BCUT2D eigenvalue weighted by Crippen LogP contribution is -2.17. The van der Waals surface area contributed by atoms with Gasteiger partial charge in [0.05, 0.1) is 12.7 Å². The van der Waals surface area contributed by atoms with Gasteiger partial charge in [-0.2, -0.15) is 0 Å². The number of amidine groups is 1. The molecule has 4 heteroatoms. The number of nitrogens with zero attached hydrogens (tertiary/aromatic N) is 1. The van der Waals surface area contributed by atoms with Crippen molar-refractivity contribution in [3.8, 4) is 0 Å². The summed E-state index contributed by atoms with van der Waals surface area (Å²) in [6, 6.07) is 10.5. The van der Waals surface area contributed by atoms with Gasteiger partial charge in [0, 0.05) is 0 Å². The van der Waals surface area contributed by atoms with Crippen molar-refractivity contribution < 1.29 is 9.47 Å². The zero-order valence-electron chi connectivity index (χ0n) is 10.0. The Balaban J connectivity index is 1.88. The first kappa shape index (κ1) is 11.9. The van der Waals surface area contributed by atoms with Gasteiger partial charge in [0.2, 0.25) is 0 Å². The van der Waals surface area contributed by atoms with Crippen LogP contribution in [0.1, 0.15) is 25.0 Å². The molecule has 0 radical (unpaired) electrons. The topological polar surface area (TPSA) is 56.8 Å². The Hall–Kier alpha value is -1.55. The maximum Gasteiger partial charge on any atom is 0.282 e. The highest BCUT2D eigenvalue weighted by Gasteiger charge is 2.19. The van der Waals surface area contributed by atoms with E-state index >= 15 is 0 Å². The average molecular weight is 234 g/mol. The quantitative estimate of drug-likeness (QED) is 0.846. The summed E-state index contributed by atoms with van der Waals surface area (Å²) < 4.78 is 11.0. The molecule has 0 spiro atoms. The smallest absolute Gasteiger partial charge is 0.282 e. The van der Waals surface area contributed by atoms with Crippen LogP contribution in [0.5, 0.6) is 0 Å². The van der Waals surface area contributed by atoms with E-state index in [9.17, 15) is 0 Å². The molecule has 4 nitrogen and oxygen atoms in total. The number of nitrogens with two attached hydrogens (primary N) is 1. The molecule has 17 heavy (non-hydrogen) atoms. The minimum Gasteiger partial charge on any atom is -0.463 e. The number of ether oxygens (including phenoxy) is 2. The molecule has 0 fully saturated rings. The van der Waals surface area contributed by atoms with Crippen LogP contribution in [-0.4, -0.2) is 25.3 Å². The summed E-state index contributed by atoms with van der Waals surface area (Å²) in [5.74, 6) is 0. The zero-order chi connectivity index (χ0) is 12.1. The van der Waals surface area contributed by atoms with Gasteiger partial charge in [0.15, 0.2) is 0 Å². The van der Waals surface area contributed by atoms with E-state index in [1.165, 1.54) is 5.56 Å². The van der Waals surface area contributed by atoms with E-state index in [-0.39, 0.29) is 18.2 Å². The molecule has 1 aliphatic heterocycles. The van der Waals surface area contributed by atoms with Crippen LogP contribution >= 0.6 is 0 Å². The van der Waals surface area contributed by atoms with Gasteiger partial charge in [-0.1, -0.05) is 37.3 Å². The van der Waals surface area contributed by atoms with Crippen LogP contribution in [0.25, 0.3) is 0 Å². The molecule has 1 heterocycles. The number of aliphatic imine (C=N–C) groups is 1. The van der Waals surface area contributed by atoms with Crippen LogP contribution < -0.4 is 5.73 Å². The molecule has 0 saturated carbocycles. The van der Waals surface area contributed by atoms with Crippen LogP contribution in [0.4, 0.5) is 0 Å². The molecule has 0 saturated heterocycles. The van der Waals surface area contributed by atoms with Gasteiger partial charge in [0.1, 0.15) is 12.6 Å². The normalized spacial score (nSPS) is 20.8. The maximum atomic E-state index is 5.87. The van der Waals surface area contributed by atoms with Crippen molar-refractivity contribution >= 4 is 6.02 Å². The summed E-state index contributed by atoms with van der Waals surface area (Å²) >= 11 is 0. The minimum absolute atomic E-state index is 0.0350. The zero-order valence-corrected chi connectivity index (χ0v) is 10.0. The number of hydrogen-bond donors (Lipinski definition) is 1. The molecule has 1 aromatic rings. The van der Waals surface area contributed by atoms with Crippen LogP contribution in [0.2, 0.25) is 0 Å². The van der Waals surface area contributed by atoms with Gasteiger partial charge in [0.25, 0.3) is 6.02 Å². The molecule has 0 aromatic heterocycles. The second kappa shape index (κ2) is 5.68. The third-order valence-electron chi connectivity index (χ3n) is 2.77. The summed E-state index contributed by atoms with van der Waals surface area (Å²) in [6.45, 7) is 3.19. The molecule has 1 aromatic carbocycles. The van der Waals surface area contributed by atoms with Crippen LogP contribution in [-0.2, 0) is 9.47 Å². The Morgan fingerprint density at radius 1 is 1.47 bits per heavy atom. The molecule has 2 N–H and O–H groups in total. The van der Waals surface area contributed by atoms with Crippen molar-refractivity contribution in [2.24, 2.45) is 10.7 Å². The molecule has 2 atom stereocenters. The lowest BCUT2D eigenvalue weighted by atomic mass is 10.1. The van der Waals surface area contributed by atoms with E-state index in [1.54, 1.807) is 0 Å². The molecule has 0 amide bonds. The first-order chi connectivity index (χ1) is 8.29. The minimum atomic E-state index is 0.0350. The molecule has 0 bridgehead atoms. The van der Waals surface area contributed by atoms with Crippen molar-refractivity contribution in [2.45, 2.75) is 25.5 Å². The third kappa shape index (κ3) is 3.20. The predicted octanol–water partition coefficient (Wildman–Crippen LogP) is 1.87. The fourth-order valence-corrected chi connectivity index (χ4v) is 1.87. The molecule has 0 unspecified atom stereocenters. The van der Waals surface area contributed by atoms with E-state index in [0.717, 1.165) is 6.42 Å². The van der Waals surface area contributed by atoms with Gasteiger partial charge >= 0.3 is 0 Å². The highest BCUT2D eigenvalue weighted by atomic mass is 16.5. The van der Waals surface area contributed by atoms with Gasteiger partial charge in [-0.25, -0.2) is 4.99 Å². The van der Waals surface area contributed by atoms with Crippen molar-refractivity contribution in [1.82, 2.24) is 0 Å². The van der Waals surface area contributed by atoms with Crippen LogP contribution in [0, 0.1) is 0 Å². The molecule has 2 rings (SSSR count). The number of rotatable bonds is 5. The summed E-state index contributed by atoms with van der Waals surface area (Å²) in [4.78, 5) is 4.14.